The van der Waals surface area contributed by atoms with Gasteiger partial charge in [-0.25, -0.2) is 9.78 Å². The van der Waals surface area contributed by atoms with Crippen LogP contribution in [0.5, 0.6) is 0 Å². The first-order chi connectivity index (χ1) is 9.50. The van der Waals surface area contributed by atoms with E-state index in [1.165, 1.54) is 9.47 Å². The van der Waals surface area contributed by atoms with Gasteiger partial charge in [-0.3, -0.25) is 9.36 Å². The van der Waals surface area contributed by atoms with Gasteiger partial charge in [0.1, 0.15) is 0 Å². The van der Waals surface area contributed by atoms with E-state index in [2.05, 4.69) is 4.98 Å². The molecule has 0 saturated heterocycles. The van der Waals surface area contributed by atoms with Crippen LogP contribution in [0, 0.1) is 0 Å². The van der Waals surface area contributed by atoms with Crippen LogP contribution in [0.4, 0.5) is 0 Å². The fraction of sp³-hybridized carbons (Fsp3) is 0.154. The van der Waals surface area contributed by atoms with E-state index in [9.17, 15) is 14.7 Å². The number of carboxylic acids is 1. The maximum Gasteiger partial charge on any atom is 0.356 e. The summed E-state index contributed by atoms with van der Waals surface area (Å²) in [7, 11) is 1.61. The summed E-state index contributed by atoms with van der Waals surface area (Å²) in [5, 5.41) is 9.24. The summed E-state index contributed by atoms with van der Waals surface area (Å²) in [5.74, 6) is -1.35. The Hall–Kier alpha value is -2.34. The van der Waals surface area contributed by atoms with Crippen molar-refractivity contribution in [2.24, 2.45) is 0 Å². The average Bonchev–Trinajstić information content (AvgIpc) is 2.69. The van der Waals surface area contributed by atoms with Gasteiger partial charge in [0.15, 0.2) is 5.69 Å². The quantitative estimate of drug-likeness (QED) is 0.869. The number of benzene rings is 1. The summed E-state index contributed by atoms with van der Waals surface area (Å²) >= 11 is 6.06. The molecule has 7 heteroatoms. The third-order valence-electron chi connectivity index (χ3n) is 3.24. The molecule has 6 nitrogen and oxygen atoms in total. The first-order valence-corrected chi connectivity index (χ1v) is 6.23. The van der Waals surface area contributed by atoms with E-state index in [1.54, 1.807) is 31.3 Å². The van der Waals surface area contributed by atoms with E-state index in [0.29, 0.717) is 16.9 Å². The van der Waals surface area contributed by atoms with Gasteiger partial charge in [-0.2, -0.15) is 0 Å². The van der Waals surface area contributed by atoms with E-state index in [-0.39, 0.29) is 23.4 Å². The molecule has 1 aromatic heterocycles. The van der Waals surface area contributed by atoms with Crippen LogP contribution >= 0.6 is 11.6 Å². The predicted molar refractivity (Wildman–Crippen MR) is 71.3 cm³/mol. The molecule has 1 amide bonds. The number of aromatic nitrogens is 2. The Morgan fingerprint density at radius 2 is 2.10 bits per heavy atom. The zero-order valence-corrected chi connectivity index (χ0v) is 11.3. The second-order valence-electron chi connectivity index (χ2n) is 4.50. The molecule has 1 aliphatic heterocycles. The topological polar surface area (TPSA) is 75.4 Å². The number of carboxylic acid groups (broad SMARTS) is 1. The molecule has 0 fully saturated rings. The number of aromatic carboxylic acids is 1. The van der Waals surface area contributed by atoms with Gasteiger partial charge in [-0.1, -0.05) is 12.1 Å². The number of hydrogen-bond donors (Lipinski definition) is 1. The molecule has 0 saturated carbocycles. The molecular formula is C13H10ClN3O3. The van der Waals surface area contributed by atoms with Gasteiger partial charge in [-0.15, -0.1) is 0 Å². The van der Waals surface area contributed by atoms with Gasteiger partial charge in [0.25, 0.3) is 5.91 Å². The number of hydrogen-bond acceptors (Lipinski definition) is 3. The fourth-order valence-electron chi connectivity index (χ4n) is 2.34. The molecule has 0 spiro atoms. The molecule has 102 valence electrons. The summed E-state index contributed by atoms with van der Waals surface area (Å²) in [6.45, 7) is 0.134. The molecule has 1 aromatic carbocycles. The van der Waals surface area contributed by atoms with Crippen LogP contribution < -0.4 is 0 Å². The lowest BCUT2D eigenvalue weighted by atomic mass is 10.1. The van der Waals surface area contributed by atoms with Crippen LogP contribution in [0.15, 0.2) is 24.3 Å². The molecule has 2 heterocycles. The number of carbonyl (C=O) groups excluding carboxylic acids is 1. The van der Waals surface area contributed by atoms with Crippen LogP contribution in [0.3, 0.4) is 0 Å². The van der Waals surface area contributed by atoms with E-state index in [4.69, 9.17) is 11.6 Å². The minimum absolute atomic E-state index is 0.0351. The number of fused-ring (bicyclic) bond motifs is 3. The van der Waals surface area contributed by atoms with Crippen molar-refractivity contribution in [3.05, 3.63) is 46.5 Å². The number of halogens is 1. The maximum absolute atomic E-state index is 12.3. The van der Waals surface area contributed by atoms with Crippen molar-refractivity contribution in [2.75, 3.05) is 7.05 Å². The SMILES string of the molecule is CN1Cc2c(C(=O)O)nc(Cl)n2-c2ccccc2C1=O. The van der Waals surface area contributed by atoms with Gasteiger partial charge in [0.2, 0.25) is 5.28 Å². The summed E-state index contributed by atoms with van der Waals surface area (Å²) in [6, 6.07) is 6.91. The lowest BCUT2D eigenvalue weighted by molar-refractivity contribution is 0.0683. The number of amides is 1. The normalized spacial score (nSPS) is 13.7. The number of para-hydroxylation sites is 1. The Bertz CT molecular complexity index is 738. The average molecular weight is 292 g/mol. The van der Waals surface area contributed by atoms with Crippen molar-refractivity contribution in [1.29, 1.82) is 0 Å². The first-order valence-electron chi connectivity index (χ1n) is 5.86. The van der Waals surface area contributed by atoms with Crippen molar-refractivity contribution in [3.8, 4) is 5.69 Å². The molecule has 0 aliphatic carbocycles. The Labute approximate surface area is 119 Å². The molecule has 0 unspecified atom stereocenters. The highest BCUT2D eigenvalue weighted by molar-refractivity contribution is 6.29. The minimum atomic E-state index is -1.17. The maximum atomic E-state index is 12.3. The summed E-state index contributed by atoms with van der Waals surface area (Å²) in [4.78, 5) is 28.9. The lowest BCUT2D eigenvalue weighted by Gasteiger charge is -2.13. The Kier molecular flexibility index (Phi) is 2.76. The predicted octanol–water partition coefficient (Wildman–Crippen LogP) is 1.81. The molecule has 1 aliphatic rings. The monoisotopic (exact) mass is 291 g/mol. The highest BCUT2D eigenvalue weighted by Gasteiger charge is 2.30. The van der Waals surface area contributed by atoms with Crippen LogP contribution in [0.25, 0.3) is 5.69 Å². The Morgan fingerprint density at radius 1 is 1.40 bits per heavy atom. The van der Waals surface area contributed by atoms with Gasteiger partial charge < -0.3 is 10.0 Å². The second kappa shape index (κ2) is 4.35. The number of imidazole rings is 1. The largest absolute Gasteiger partial charge is 0.476 e. The number of rotatable bonds is 1. The van der Waals surface area contributed by atoms with Gasteiger partial charge >= 0.3 is 5.97 Å². The van der Waals surface area contributed by atoms with Gasteiger partial charge in [-0.05, 0) is 23.7 Å². The zero-order valence-electron chi connectivity index (χ0n) is 10.5. The lowest BCUT2D eigenvalue weighted by Crippen LogP contribution is -2.25. The summed E-state index contributed by atoms with van der Waals surface area (Å²) in [6.07, 6.45) is 0. The standard InChI is InChI=1S/C13H10ClN3O3/c1-16-6-9-10(12(19)20)15-13(14)17(9)8-5-3-2-4-7(8)11(16)18/h2-5H,6H2,1H3,(H,19,20). The van der Waals surface area contributed by atoms with Crippen LogP contribution in [0.1, 0.15) is 26.5 Å². The third kappa shape index (κ3) is 1.69. The van der Waals surface area contributed by atoms with E-state index >= 15 is 0 Å². The Morgan fingerprint density at radius 3 is 2.80 bits per heavy atom. The highest BCUT2D eigenvalue weighted by atomic mass is 35.5. The van der Waals surface area contributed by atoms with E-state index in [0.717, 1.165) is 0 Å². The molecule has 0 atom stereocenters. The van der Waals surface area contributed by atoms with Crippen LogP contribution in [0.2, 0.25) is 5.28 Å². The van der Waals surface area contributed by atoms with Gasteiger partial charge in [0.05, 0.1) is 23.5 Å². The first kappa shape index (κ1) is 12.7. The van der Waals surface area contributed by atoms with Crippen LogP contribution in [-0.2, 0) is 6.54 Å². The van der Waals surface area contributed by atoms with Crippen molar-refractivity contribution in [1.82, 2.24) is 14.5 Å². The van der Waals surface area contributed by atoms with E-state index in [1.807, 2.05) is 0 Å². The second-order valence-corrected chi connectivity index (χ2v) is 4.83. The highest BCUT2D eigenvalue weighted by Crippen LogP contribution is 2.29. The van der Waals surface area contributed by atoms with Crippen molar-refractivity contribution < 1.29 is 14.7 Å². The summed E-state index contributed by atoms with van der Waals surface area (Å²) in [5.41, 5.74) is 1.27. The zero-order chi connectivity index (χ0) is 14.4. The smallest absolute Gasteiger partial charge is 0.356 e. The summed E-state index contributed by atoms with van der Waals surface area (Å²) < 4.78 is 1.52. The van der Waals surface area contributed by atoms with Crippen molar-refractivity contribution >= 4 is 23.5 Å². The van der Waals surface area contributed by atoms with Crippen molar-refractivity contribution in [2.45, 2.75) is 6.54 Å². The molecule has 1 N–H and O–H groups in total. The fourth-order valence-corrected chi connectivity index (χ4v) is 2.61. The third-order valence-corrected chi connectivity index (χ3v) is 3.50. The van der Waals surface area contributed by atoms with Crippen molar-refractivity contribution in [3.63, 3.8) is 0 Å². The minimum Gasteiger partial charge on any atom is -0.476 e. The Balaban J connectivity index is 2.37. The molecular weight excluding hydrogens is 282 g/mol. The van der Waals surface area contributed by atoms with Gasteiger partial charge in [0, 0.05) is 7.05 Å². The number of nitrogens with zero attached hydrogens (tertiary/aromatic N) is 3. The molecule has 20 heavy (non-hydrogen) atoms. The molecule has 3 rings (SSSR count). The number of carbonyl (C=O) groups is 2. The van der Waals surface area contributed by atoms with E-state index < -0.39 is 5.97 Å². The molecule has 0 radical (unpaired) electrons. The molecule has 0 bridgehead atoms. The van der Waals surface area contributed by atoms with Crippen LogP contribution in [-0.4, -0.2) is 38.5 Å². The molecule has 2 aromatic rings.